The molecule has 0 unspecified atom stereocenters. The molecule has 0 bridgehead atoms. The SMILES string of the molecule is COC(=O)CCN1C(=S)N[C@@H](c2ccccn2)[C@H]1c1cc(C)n(-c2cccc3ccccc23)c1C. The molecule has 1 N–H and O–H groups in total. The number of hydrogen-bond acceptors (Lipinski definition) is 4. The van der Waals surface area contributed by atoms with Crippen LogP contribution in [0.4, 0.5) is 0 Å². The van der Waals surface area contributed by atoms with E-state index in [9.17, 15) is 4.79 Å². The Morgan fingerprint density at radius 3 is 2.63 bits per heavy atom. The van der Waals surface area contributed by atoms with Crippen molar-refractivity contribution in [2.45, 2.75) is 32.4 Å². The number of hydrogen-bond donors (Lipinski definition) is 1. The first-order valence-corrected chi connectivity index (χ1v) is 12.1. The number of carbonyl (C=O) groups excluding carboxylic acids is 1. The van der Waals surface area contributed by atoms with Crippen molar-refractivity contribution in [3.8, 4) is 5.69 Å². The Balaban J connectivity index is 1.63. The van der Waals surface area contributed by atoms with Crippen molar-refractivity contribution >= 4 is 34.1 Å². The second-order valence-corrected chi connectivity index (χ2v) is 9.19. The molecule has 0 radical (unpaired) electrons. The van der Waals surface area contributed by atoms with Crippen molar-refractivity contribution in [1.82, 2.24) is 19.8 Å². The van der Waals surface area contributed by atoms with Gasteiger partial charge in [0.1, 0.15) is 0 Å². The Bertz CT molecular complexity index is 1390. The Hall–Kier alpha value is -3.71. The first-order chi connectivity index (χ1) is 17.0. The maximum Gasteiger partial charge on any atom is 0.307 e. The van der Waals surface area contributed by atoms with Crippen LogP contribution >= 0.6 is 12.2 Å². The molecule has 7 heteroatoms. The number of nitrogens with zero attached hydrogens (tertiary/aromatic N) is 3. The van der Waals surface area contributed by atoms with Crippen molar-refractivity contribution in [2.75, 3.05) is 13.7 Å². The van der Waals surface area contributed by atoms with Gasteiger partial charge < -0.3 is 19.5 Å². The van der Waals surface area contributed by atoms with Crippen LogP contribution in [-0.2, 0) is 9.53 Å². The summed E-state index contributed by atoms with van der Waals surface area (Å²) < 4.78 is 7.21. The number of thiocarbonyl (C=S) groups is 1. The first kappa shape index (κ1) is 23.1. The van der Waals surface area contributed by atoms with E-state index in [2.05, 4.69) is 82.1 Å². The molecule has 5 rings (SSSR count). The van der Waals surface area contributed by atoms with Gasteiger partial charge in [0.25, 0.3) is 0 Å². The topological polar surface area (TPSA) is 59.4 Å². The molecule has 1 saturated heterocycles. The monoisotopic (exact) mass is 484 g/mol. The molecule has 3 heterocycles. The fourth-order valence-corrected chi connectivity index (χ4v) is 5.49. The van der Waals surface area contributed by atoms with Crippen LogP contribution < -0.4 is 5.32 Å². The number of carbonyl (C=O) groups is 1. The van der Waals surface area contributed by atoms with Gasteiger partial charge in [-0.1, -0.05) is 42.5 Å². The summed E-state index contributed by atoms with van der Waals surface area (Å²) in [5.41, 5.74) is 5.49. The van der Waals surface area contributed by atoms with Gasteiger partial charge in [-0.15, -0.1) is 0 Å². The number of benzene rings is 2. The van der Waals surface area contributed by atoms with Crippen molar-refractivity contribution in [3.05, 3.63) is 95.6 Å². The predicted octanol–water partition coefficient (Wildman–Crippen LogP) is 5.18. The molecule has 2 atom stereocenters. The van der Waals surface area contributed by atoms with E-state index >= 15 is 0 Å². The van der Waals surface area contributed by atoms with Crippen molar-refractivity contribution < 1.29 is 9.53 Å². The van der Waals surface area contributed by atoms with Gasteiger partial charge in [0.15, 0.2) is 5.11 Å². The highest BCUT2D eigenvalue weighted by atomic mass is 32.1. The van der Waals surface area contributed by atoms with Crippen molar-refractivity contribution in [3.63, 3.8) is 0 Å². The minimum atomic E-state index is -0.255. The molecule has 35 heavy (non-hydrogen) atoms. The Kier molecular flexibility index (Phi) is 6.26. The van der Waals surface area contributed by atoms with Crippen LogP contribution in [0.15, 0.2) is 72.9 Å². The molecular weight excluding hydrogens is 456 g/mol. The predicted molar refractivity (Wildman–Crippen MR) is 142 cm³/mol. The van der Waals surface area contributed by atoms with Crippen LogP contribution in [0.5, 0.6) is 0 Å². The van der Waals surface area contributed by atoms with E-state index in [1.54, 1.807) is 6.20 Å². The molecule has 2 aromatic heterocycles. The van der Waals surface area contributed by atoms with E-state index in [4.69, 9.17) is 17.0 Å². The van der Waals surface area contributed by atoms with E-state index in [0.29, 0.717) is 11.7 Å². The molecule has 0 aliphatic carbocycles. The number of fused-ring (bicyclic) bond motifs is 1. The van der Waals surface area contributed by atoms with Crippen molar-refractivity contribution in [2.24, 2.45) is 0 Å². The summed E-state index contributed by atoms with van der Waals surface area (Å²) in [6.45, 7) is 4.75. The van der Waals surface area contributed by atoms with E-state index in [-0.39, 0.29) is 24.5 Å². The third-order valence-electron chi connectivity index (χ3n) is 6.78. The fraction of sp³-hybridized carbons (Fsp3) is 0.250. The van der Waals surface area contributed by atoms with E-state index in [1.165, 1.54) is 17.9 Å². The number of methoxy groups -OCH3 is 1. The molecule has 2 aromatic carbocycles. The van der Waals surface area contributed by atoms with Crippen LogP contribution in [0.3, 0.4) is 0 Å². The second kappa shape index (κ2) is 9.50. The van der Waals surface area contributed by atoms with E-state index < -0.39 is 0 Å². The number of nitrogens with one attached hydrogen (secondary N) is 1. The summed E-state index contributed by atoms with van der Waals surface area (Å²) in [5.74, 6) is -0.255. The molecule has 4 aromatic rings. The summed E-state index contributed by atoms with van der Waals surface area (Å²) >= 11 is 5.75. The standard InChI is InChI=1S/C28H28N4O2S/c1-18-17-22(19(2)32(18)24-13-8-10-20-9-4-5-11-21(20)24)27-26(23-12-6-7-15-29-23)30-28(35)31(27)16-14-25(33)34-3/h4-13,15,17,26-27H,14,16H2,1-3H3,(H,30,35)/t26-,27+/m0/s1. The first-order valence-electron chi connectivity index (χ1n) is 11.7. The maximum atomic E-state index is 12.0. The molecule has 0 spiro atoms. The van der Waals surface area contributed by atoms with Gasteiger partial charge in [-0.25, -0.2) is 0 Å². The molecule has 1 aliphatic heterocycles. The van der Waals surface area contributed by atoms with Gasteiger partial charge in [-0.05, 0) is 61.3 Å². The molecule has 178 valence electrons. The number of aromatic nitrogens is 2. The molecule has 1 aliphatic rings. The Labute approximate surface area is 210 Å². The highest BCUT2D eigenvalue weighted by Crippen LogP contribution is 2.42. The van der Waals surface area contributed by atoms with Crippen LogP contribution in [-0.4, -0.2) is 39.2 Å². The van der Waals surface area contributed by atoms with E-state index in [0.717, 1.165) is 28.3 Å². The average Bonchev–Trinajstić information content (AvgIpc) is 3.37. The van der Waals surface area contributed by atoms with Crippen LogP contribution in [0.2, 0.25) is 0 Å². The lowest BCUT2D eigenvalue weighted by atomic mass is 9.96. The number of rotatable bonds is 6. The summed E-state index contributed by atoms with van der Waals surface area (Å²) in [6, 6.07) is 22.7. The zero-order chi connectivity index (χ0) is 24.5. The zero-order valence-electron chi connectivity index (χ0n) is 20.1. The lowest BCUT2D eigenvalue weighted by Crippen LogP contribution is -2.32. The Morgan fingerprint density at radius 1 is 1.09 bits per heavy atom. The van der Waals surface area contributed by atoms with Gasteiger partial charge in [0, 0.05) is 29.5 Å². The number of pyridine rings is 1. The van der Waals surface area contributed by atoms with Crippen LogP contribution in [0.1, 0.15) is 41.1 Å². The van der Waals surface area contributed by atoms with Gasteiger partial charge in [0.2, 0.25) is 0 Å². The smallest absolute Gasteiger partial charge is 0.307 e. The molecular formula is C28H28N4O2S. The summed E-state index contributed by atoms with van der Waals surface area (Å²) in [5, 5.41) is 6.49. The highest BCUT2D eigenvalue weighted by molar-refractivity contribution is 7.80. The summed E-state index contributed by atoms with van der Waals surface area (Å²) in [7, 11) is 1.41. The van der Waals surface area contributed by atoms with Gasteiger partial charge in [0.05, 0.1) is 37.0 Å². The fourth-order valence-electron chi connectivity index (χ4n) is 5.16. The maximum absolute atomic E-state index is 12.0. The number of esters is 1. The average molecular weight is 485 g/mol. The largest absolute Gasteiger partial charge is 0.469 e. The molecule has 6 nitrogen and oxygen atoms in total. The lowest BCUT2D eigenvalue weighted by Gasteiger charge is -2.28. The highest BCUT2D eigenvalue weighted by Gasteiger charge is 2.41. The third-order valence-corrected chi connectivity index (χ3v) is 7.13. The Morgan fingerprint density at radius 2 is 1.86 bits per heavy atom. The zero-order valence-corrected chi connectivity index (χ0v) is 20.9. The van der Waals surface area contributed by atoms with Crippen LogP contribution in [0, 0.1) is 13.8 Å². The number of aryl methyl sites for hydroxylation is 1. The van der Waals surface area contributed by atoms with E-state index in [1.807, 2.05) is 18.2 Å². The second-order valence-electron chi connectivity index (χ2n) is 8.81. The van der Waals surface area contributed by atoms with Gasteiger partial charge >= 0.3 is 5.97 Å². The van der Waals surface area contributed by atoms with Crippen molar-refractivity contribution in [1.29, 1.82) is 0 Å². The van der Waals surface area contributed by atoms with Crippen LogP contribution in [0.25, 0.3) is 16.5 Å². The minimum absolute atomic E-state index is 0.114. The number of ether oxygens (including phenoxy) is 1. The normalized spacial score (nSPS) is 17.6. The third kappa shape index (κ3) is 4.17. The van der Waals surface area contributed by atoms with Gasteiger partial charge in [-0.2, -0.15) is 0 Å². The quantitative estimate of drug-likeness (QED) is 0.301. The lowest BCUT2D eigenvalue weighted by molar-refractivity contribution is -0.140. The minimum Gasteiger partial charge on any atom is -0.469 e. The van der Waals surface area contributed by atoms with Gasteiger partial charge in [-0.3, -0.25) is 9.78 Å². The summed E-state index contributed by atoms with van der Waals surface area (Å²) in [4.78, 5) is 18.7. The molecule has 0 saturated carbocycles. The molecule has 1 fully saturated rings. The summed E-state index contributed by atoms with van der Waals surface area (Å²) in [6.07, 6.45) is 2.05. The molecule has 0 amide bonds.